The van der Waals surface area contributed by atoms with Crippen molar-refractivity contribution in [3.8, 4) is 6.07 Å². The highest BCUT2D eigenvalue weighted by Crippen LogP contribution is 2.21. The van der Waals surface area contributed by atoms with E-state index in [9.17, 15) is 0 Å². The van der Waals surface area contributed by atoms with Gasteiger partial charge in [-0.2, -0.15) is 5.26 Å². The minimum Gasteiger partial charge on any atom is -0.192 e. The van der Waals surface area contributed by atoms with E-state index in [0.29, 0.717) is 0 Å². The van der Waals surface area contributed by atoms with E-state index in [0.717, 1.165) is 21.4 Å². The Morgan fingerprint density at radius 3 is 2.83 bits per heavy atom. The van der Waals surface area contributed by atoms with E-state index in [1.54, 1.807) is 11.8 Å². The van der Waals surface area contributed by atoms with Crippen LogP contribution < -0.4 is 0 Å². The van der Waals surface area contributed by atoms with Crippen LogP contribution in [0, 0.1) is 11.3 Å². The summed E-state index contributed by atoms with van der Waals surface area (Å²) in [5.74, 6) is 0. The van der Waals surface area contributed by atoms with Gasteiger partial charge in [0, 0.05) is 10.2 Å². The lowest BCUT2D eigenvalue weighted by atomic mass is 10.2. The molecule has 0 saturated carbocycles. The Hall–Kier alpha value is -0.460. The summed E-state index contributed by atoms with van der Waals surface area (Å²) in [7, 11) is 0. The highest BCUT2D eigenvalue weighted by Gasteiger charge is 2.00. The van der Waals surface area contributed by atoms with Crippen molar-refractivity contribution in [3.05, 3.63) is 29.3 Å². The molecule has 0 aliphatic rings. The molecule has 62 valence electrons. The Morgan fingerprint density at radius 2 is 2.33 bits per heavy atom. The molecule has 1 rings (SSSR count). The molecule has 1 aromatic carbocycles. The molecule has 0 aromatic heterocycles. The number of alkyl halides is 1. The zero-order valence-corrected chi connectivity index (χ0v) is 9.08. The second kappa shape index (κ2) is 4.54. The number of thioether (sulfide) groups is 1. The average Bonchev–Trinajstić information content (AvgIpc) is 2.16. The Bertz CT molecular complexity index is 317. The SMILES string of the molecule is CSc1ccc(CBr)cc1C#N. The predicted octanol–water partition coefficient (Wildman–Crippen LogP) is 3.18. The zero-order chi connectivity index (χ0) is 8.97. The zero-order valence-electron chi connectivity index (χ0n) is 6.67. The fourth-order valence-corrected chi connectivity index (χ4v) is 1.80. The Labute approximate surface area is 84.9 Å². The van der Waals surface area contributed by atoms with Gasteiger partial charge in [-0.25, -0.2) is 0 Å². The van der Waals surface area contributed by atoms with Crippen molar-refractivity contribution in [1.82, 2.24) is 0 Å². The van der Waals surface area contributed by atoms with Gasteiger partial charge in [-0.1, -0.05) is 22.0 Å². The van der Waals surface area contributed by atoms with Crippen molar-refractivity contribution in [1.29, 1.82) is 5.26 Å². The summed E-state index contributed by atoms with van der Waals surface area (Å²) in [6, 6.07) is 8.11. The van der Waals surface area contributed by atoms with E-state index < -0.39 is 0 Å². The molecule has 1 aromatic rings. The van der Waals surface area contributed by atoms with Crippen molar-refractivity contribution in [2.45, 2.75) is 10.2 Å². The highest BCUT2D eigenvalue weighted by atomic mass is 79.9. The third-order valence-electron chi connectivity index (χ3n) is 1.54. The molecule has 0 saturated heterocycles. The first-order valence-corrected chi connectivity index (χ1v) is 5.79. The van der Waals surface area contributed by atoms with E-state index in [-0.39, 0.29) is 0 Å². The van der Waals surface area contributed by atoms with Crippen LogP contribution in [0.1, 0.15) is 11.1 Å². The van der Waals surface area contributed by atoms with Gasteiger partial charge in [0.2, 0.25) is 0 Å². The van der Waals surface area contributed by atoms with Crippen LogP contribution in [-0.4, -0.2) is 6.26 Å². The van der Waals surface area contributed by atoms with Crippen LogP contribution in [0.3, 0.4) is 0 Å². The van der Waals surface area contributed by atoms with E-state index in [4.69, 9.17) is 5.26 Å². The smallest absolute Gasteiger partial charge is 0.100 e. The molecular formula is C9H8BrNS. The topological polar surface area (TPSA) is 23.8 Å². The van der Waals surface area contributed by atoms with Gasteiger partial charge in [0.25, 0.3) is 0 Å². The van der Waals surface area contributed by atoms with Gasteiger partial charge in [0.15, 0.2) is 0 Å². The van der Waals surface area contributed by atoms with Gasteiger partial charge >= 0.3 is 0 Å². The Balaban J connectivity index is 3.13. The molecule has 0 spiro atoms. The molecule has 3 heteroatoms. The van der Waals surface area contributed by atoms with Gasteiger partial charge in [-0.05, 0) is 24.0 Å². The minimum atomic E-state index is 0.763. The minimum absolute atomic E-state index is 0.763. The molecule has 0 unspecified atom stereocenters. The summed E-state index contributed by atoms with van der Waals surface area (Å²) >= 11 is 4.95. The largest absolute Gasteiger partial charge is 0.192 e. The normalized spacial score (nSPS) is 9.42. The lowest BCUT2D eigenvalue weighted by Gasteiger charge is -2.01. The lowest BCUT2D eigenvalue weighted by Crippen LogP contribution is -1.83. The molecule has 1 nitrogen and oxygen atoms in total. The summed E-state index contributed by atoms with van der Waals surface area (Å²) in [5, 5.41) is 9.59. The summed E-state index contributed by atoms with van der Waals surface area (Å²) < 4.78 is 0. The number of nitrogens with zero attached hydrogens (tertiary/aromatic N) is 1. The molecule has 0 atom stereocenters. The average molecular weight is 242 g/mol. The van der Waals surface area contributed by atoms with Crippen molar-refractivity contribution in [2.24, 2.45) is 0 Å². The molecule has 0 radical (unpaired) electrons. The van der Waals surface area contributed by atoms with Crippen LogP contribution in [0.5, 0.6) is 0 Å². The summed E-state index contributed by atoms with van der Waals surface area (Å²) in [6.45, 7) is 0. The Morgan fingerprint density at radius 1 is 1.58 bits per heavy atom. The molecule has 0 amide bonds. The van der Waals surface area contributed by atoms with Crippen LogP contribution in [0.2, 0.25) is 0 Å². The molecule has 0 bridgehead atoms. The van der Waals surface area contributed by atoms with Gasteiger partial charge < -0.3 is 0 Å². The maximum absolute atomic E-state index is 8.79. The third-order valence-corrected chi connectivity index (χ3v) is 2.98. The van der Waals surface area contributed by atoms with E-state index in [2.05, 4.69) is 22.0 Å². The number of nitriles is 1. The first-order chi connectivity index (χ1) is 5.81. The highest BCUT2D eigenvalue weighted by molar-refractivity contribution is 9.08. The Kier molecular flexibility index (Phi) is 3.64. The van der Waals surface area contributed by atoms with Crippen LogP contribution in [-0.2, 0) is 5.33 Å². The monoisotopic (exact) mass is 241 g/mol. The second-order valence-corrected chi connectivity index (χ2v) is 3.69. The first-order valence-electron chi connectivity index (χ1n) is 3.44. The predicted molar refractivity (Wildman–Crippen MR) is 55.6 cm³/mol. The maximum atomic E-state index is 8.79. The molecular weight excluding hydrogens is 234 g/mol. The fourth-order valence-electron chi connectivity index (χ4n) is 0.926. The molecule has 0 fully saturated rings. The van der Waals surface area contributed by atoms with Crippen LogP contribution in [0.4, 0.5) is 0 Å². The van der Waals surface area contributed by atoms with Gasteiger partial charge in [0.05, 0.1) is 5.56 Å². The summed E-state index contributed by atoms with van der Waals surface area (Å²) in [5.41, 5.74) is 1.91. The van der Waals surface area contributed by atoms with Gasteiger partial charge in [0.1, 0.15) is 6.07 Å². The number of hydrogen-bond donors (Lipinski definition) is 0. The summed E-state index contributed by atoms with van der Waals surface area (Å²) in [4.78, 5) is 1.04. The van der Waals surface area contributed by atoms with Gasteiger partial charge in [-0.15, -0.1) is 11.8 Å². The molecule has 0 N–H and O–H groups in total. The van der Waals surface area contributed by atoms with Gasteiger partial charge in [-0.3, -0.25) is 0 Å². The van der Waals surface area contributed by atoms with Crippen LogP contribution in [0.25, 0.3) is 0 Å². The van der Waals surface area contributed by atoms with Crippen molar-refractivity contribution in [3.63, 3.8) is 0 Å². The molecule has 0 aliphatic carbocycles. The van der Waals surface area contributed by atoms with E-state index in [1.807, 2.05) is 24.5 Å². The lowest BCUT2D eigenvalue weighted by molar-refractivity contribution is 1.31. The molecule has 0 aliphatic heterocycles. The molecule has 12 heavy (non-hydrogen) atoms. The second-order valence-electron chi connectivity index (χ2n) is 2.28. The number of halogens is 1. The quantitative estimate of drug-likeness (QED) is 0.587. The van der Waals surface area contributed by atoms with Crippen LogP contribution >= 0.6 is 27.7 Å². The summed E-state index contributed by atoms with van der Waals surface area (Å²) in [6.07, 6.45) is 1.98. The van der Waals surface area contributed by atoms with E-state index in [1.165, 1.54) is 0 Å². The standard InChI is InChI=1S/C9H8BrNS/c1-12-9-3-2-7(5-10)4-8(9)6-11/h2-4H,5H2,1H3. The first kappa shape index (κ1) is 9.63. The van der Waals surface area contributed by atoms with Crippen molar-refractivity contribution in [2.75, 3.05) is 6.26 Å². The third kappa shape index (κ3) is 2.02. The van der Waals surface area contributed by atoms with Crippen LogP contribution in [0.15, 0.2) is 23.1 Å². The fraction of sp³-hybridized carbons (Fsp3) is 0.222. The van der Waals surface area contributed by atoms with Crippen molar-refractivity contribution < 1.29 is 0 Å². The number of hydrogen-bond acceptors (Lipinski definition) is 2. The number of rotatable bonds is 2. The number of benzene rings is 1. The maximum Gasteiger partial charge on any atom is 0.100 e. The molecule has 0 heterocycles. The van der Waals surface area contributed by atoms with Crippen molar-refractivity contribution >= 4 is 27.7 Å². The van der Waals surface area contributed by atoms with E-state index >= 15 is 0 Å².